The van der Waals surface area contributed by atoms with Gasteiger partial charge in [0.2, 0.25) is 5.91 Å². The molecule has 1 aromatic carbocycles. The van der Waals surface area contributed by atoms with Crippen molar-refractivity contribution in [3.8, 4) is 0 Å². The second-order valence-electron chi connectivity index (χ2n) is 4.26. The van der Waals surface area contributed by atoms with Crippen LogP contribution >= 0.6 is 11.6 Å². The number of hydrogen-bond acceptors (Lipinski definition) is 2. The van der Waals surface area contributed by atoms with Gasteiger partial charge in [0.25, 0.3) is 0 Å². The number of benzene rings is 1. The van der Waals surface area contributed by atoms with E-state index >= 15 is 0 Å². The van der Waals surface area contributed by atoms with Crippen LogP contribution in [0.15, 0.2) is 47.1 Å². The average molecular weight is 278 g/mol. The number of rotatable bonds is 6. The van der Waals surface area contributed by atoms with Crippen molar-refractivity contribution < 1.29 is 9.21 Å². The van der Waals surface area contributed by atoms with Gasteiger partial charge in [0.05, 0.1) is 6.26 Å². The molecule has 0 atom stereocenters. The van der Waals surface area contributed by atoms with E-state index in [2.05, 4.69) is 5.32 Å². The van der Waals surface area contributed by atoms with Gasteiger partial charge < -0.3 is 9.73 Å². The highest BCUT2D eigenvalue weighted by molar-refractivity contribution is 6.17. The van der Waals surface area contributed by atoms with Crippen molar-refractivity contribution in [2.75, 3.05) is 11.2 Å². The lowest BCUT2D eigenvalue weighted by atomic mass is 10.1. The van der Waals surface area contributed by atoms with Crippen LogP contribution in [0.5, 0.6) is 0 Å². The molecule has 1 amide bonds. The van der Waals surface area contributed by atoms with Gasteiger partial charge in [0.1, 0.15) is 5.76 Å². The Hall–Kier alpha value is -1.74. The number of amides is 1. The molecule has 0 unspecified atom stereocenters. The first-order chi connectivity index (χ1) is 9.28. The molecule has 1 heterocycles. The van der Waals surface area contributed by atoms with Crippen LogP contribution in [-0.4, -0.2) is 11.8 Å². The van der Waals surface area contributed by atoms with Gasteiger partial charge >= 0.3 is 0 Å². The molecule has 0 saturated heterocycles. The molecule has 0 saturated carbocycles. The molecular formula is C15H16ClNO2. The molecule has 0 fully saturated rings. The number of alkyl halides is 1. The van der Waals surface area contributed by atoms with Crippen LogP contribution in [0.4, 0.5) is 5.69 Å². The lowest BCUT2D eigenvalue weighted by Gasteiger charge is -2.05. The van der Waals surface area contributed by atoms with Crippen molar-refractivity contribution in [2.24, 2.45) is 0 Å². The summed E-state index contributed by atoms with van der Waals surface area (Å²) in [5.74, 6) is 1.42. The number of nitrogens with one attached hydrogen (secondary N) is 1. The molecular weight excluding hydrogens is 262 g/mol. The maximum absolute atomic E-state index is 11.7. The predicted octanol–water partition coefficient (Wildman–Crippen LogP) is 3.63. The molecule has 2 aromatic rings. The van der Waals surface area contributed by atoms with E-state index in [1.165, 1.54) is 5.56 Å². The molecule has 3 nitrogen and oxygen atoms in total. The summed E-state index contributed by atoms with van der Waals surface area (Å²) in [5.41, 5.74) is 1.98. The fourth-order valence-electron chi connectivity index (χ4n) is 1.78. The van der Waals surface area contributed by atoms with E-state index in [4.69, 9.17) is 16.0 Å². The average Bonchev–Trinajstić information content (AvgIpc) is 2.92. The topological polar surface area (TPSA) is 42.2 Å². The number of aryl methyl sites for hydroxylation is 2. The second kappa shape index (κ2) is 7.00. The van der Waals surface area contributed by atoms with E-state index in [0.717, 1.165) is 17.9 Å². The smallest absolute Gasteiger partial charge is 0.224 e. The van der Waals surface area contributed by atoms with E-state index in [1.807, 2.05) is 36.4 Å². The Kier molecular flexibility index (Phi) is 5.04. The number of anilines is 1. The highest BCUT2D eigenvalue weighted by Crippen LogP contribution is 2.11. The highest BCUT2D eigenvalue weighted by Gasteiger charge is 2.04. The zero-order valence-corrected chi connectivity index (χ0v) is 11.3. The largest absolute Gasteiger partial charge is 0.469 e. The number of carbonyl (C=O) groups is 1. The normalized spacial score (nSPS) is 10.4. The third-order valence-corrected chi connectivity index (χ3v) is 2.99. The summed E-state index contributed by atoms with van der Waals surface area (Å²) < 4.78 is 5.18. The van der Waals surface area contributed by atoms with E-state index in [0.29, 0.717) is 18.7 Å². The van der Waals surface area contributed by atoms with Gasteiger partial charge in [-0.05, 0) is 36.2 Å². The standard InChI is InChI=1S/C15H16ClNO2/c16-10-9-12-3-5-13(6-4-12)17-15(18)8-7-14-2-1-11-19-14/h1-6,11H,7-10H2,(H,17,18). The third kappa shape index (κ3) is 4.45. The molecule has 0 aliphatic carbocycles. The van der Waals surface area contributed by atoms with Crippen LogP contribution in [0.1, 0.15) is 17.7 Å². The fourth-order valence-corrected chi connectivity index (χ4v) is 2.00. The fraction of sp³-hybridized carbons (Fsp3) is 0.267. The Bertz CT molecular complexity index is 505. The lowest BCUT2D eigenvalue weighted by Crippen LogP contribution is -2.12. The molecule has 0 bridgehead atoms. The number of hydrogen-bond donors (Lipinski definition) is 1. The lowest BCUT2D eigenvalue weighted by molar-refractivity contribution is -0.116. The molecule has 4 heteroatoms. The zero-order chi connectivity index (χ0) is 13.5. The van der Waals surface area contributed by atoms with Crippen molar-refractivity contribution in [3.63, 3.8) is 0 Å². The van der Waals surface area contributed by atoms with Crippen LogP contribution in [0, 0.1) is 0 Å². The Morgan fingerprint density at radius 3 is 2.58 bits per heavy atom. The van der Waals surface area contributed by atoms with Gasteiger partial charge in [-0.25, -0.2) is 0 Å². The van der Waals surface area contributed by atoms with Gasteiger partial charge in [-0.3, -0.25) is 4.79 Å². The zero-order valence-electron chi connectivity index (χ0n) is 10.6. The number of halogens is 1. The maximum atomic E-state index is 11.7. The molecule has 1 N–H and O–H groups in total. The van der Waals surface area contributed by atoms with Gasteiger partial charge in [-0.2, -0.15) is 0 Å². The van der Waals surface area contributed by atoms with Crippen LogP contribution in [0.2, 0.25) is 0 Å². The number of carbonyl (C=O) groups excluding carboxylic acids is 1. The van der Waals surface area contributed by atoms with Crippen molar-refractivity contribution in [1.29, 1.82) is 0 Å². The van der Waals surface area contributed by atoms with Crippen LogP contribution in [0.3, 0.4) is 0 Å². The summed E-state index contributed by atoms with van der Waals surface area (Å²) in [6, 6.07) is 11.4. The maximum Gasteiger partial charge on any atom is 0.224 e. The summed E-state index contributed by atoms with van der Waals surface area (Å²) in [5, 5.41) is 2.86. The minimum atomic E-state index is -0.0125. The van der Waals surface area contributed by atoms with Crippen molar-refractivity contribution >= 4 is 23.2 Å². The van der Waals surface area contributed by atoms with Crippen molar-refractivity contribution in [3.05, 3.63) is 54.0 Å². The first kappa shape index (κ1) is 13.7. The Labute approximate surface area is 117 Å². The first-order valence-electron chi connectivity index (χ1n) is 6.25. The SMILES string of the molecule is O=C(CCc1ccco1)Nc1ccc(CCCl)cc1. The molecule has 1 aromatic heterocycles. The Morgan fingerprint density at radius 1 is 1.16 bits per heavy atom. The molecule has 0 radical (unpaired) electrons. The summed E-state index contributed by atoms with van der Waals surface area (Å²) >= 11 is 5.67. The van der Waals surface area contributed by atoms with Gasteiger partial charge in [-0.15, -0.1) is 11.6 Å². The summed E-state index contributed by atoms with van der Waals surface area (Å²) in [6.07, 6.45) is 3.48. The van der Waals surface area contributed by atoms with Gasteiger partial charge in [0, 0.05) is 24.4 Å². The molecule has 0 spiro atoms. The van der Waals surface area contributed by atoms with E-state index in [1.54, 1.807) is 6.26 Å². The van der Waals surface area contributed by atoms with Crippen LogP contribution in [-0.2, 0) is 17.6 Å². The summed E-state index contributed by atoms with van der Waals surface area (Å²) in [7, 11) is 0. The summed E-state index contributed by atoms with van der Waals surface area (Å²) in [4.78, 5) is 11.7. The molecule has 19 heavy (non-hydrogen) atoms. The van der Waals surface area contributed by atoms with E-state index in [-0.39, 0.29) is 5.91 Å². The van der Waals surface area contributed by atoms with Crippen molar-refractivity contribution in [1.82, 2.24) is 0 Å². The molecule has 0 aliphatic rings. The Morgan fingerprint density at radius 2 is 1.95 bits per heavy atom. The predicted molar refractivity (Wildman–Crippen MR) is 76.5 cm³/mol. The second-order valence-corrected chi connectivity index (χ2v) is 4.64. The van der Waals surface area contributed by atoms with Gasteiger partial charge in [0.15, 0.2) is 0 Å². The minimum Gasteiger partial charge on any atom is -0.469 e. The monoisotopic (exact) mass is 277 g/mol. The molecule has 100 valence electrons. The molecule has 2 rings (SSSR count). The van der Waals surface area contributed by atoms with Crippen LogP contribution in [0.25, 0.3) is 0 Å². The van der Waals surface area contributed by atoms with Gasteiger partial charge in [-0.1, -0.05) is 12.1 Å². The van der Waals surface area contributed by atoms with E-state index in [9.17, 15) is 4.79 Å². The van der Waals surface area contributed by atoms with Crippen molar-refractivity contribution in [2.45, 2.75) is 19.3 Å². The third-order valence-electron chi connectivity index (χ3n) is 2.80. The quantitative estimate of drug-likeness (QED) is 0.819. The first-order valence-corrected chi connectivity index (χ1v) is 6.78. The Balaban J connectivity index is 1.81. The highest BCUT2D eigenvalue weighted by atomic mass is 35.5. The summed E-state index contributed by atoms with van der Waals surface area (Å²) in [6.45, 7) is 0. The van der Waals surface area contributed by atoms with E-state index < -0.39 is 0 Å². The molecule has 0 aliphatic heterocycles. The minimum absolute atomic E-state index is 0.0125. The van der Waals surface area contributed by atoms with Crippen LogP contribution < -0.4 is 5.32 Å². The number of furan rings is 1.